The molecular formula is C13H19ClN2O. The second-order valence-corrected chi connectivity index (χ2v) is 5.00. The van der Waals surface area contributed by atoms with Gasteiger partial charge < -0.3 is 5.73 Å². The number of primary amides is 1. The summed E-state index contributed by atoms with van der Waals surface area (Å²) in [5, 5.41) is 0.725. The first-order valence-corrected chi connectivity index (χ1v) is 6.04. The lowest BCUT2D eigenvalue weighted by atomic mass is 9.94. The fourth-order valence-corrected chi connectivity index (χ4v) is 2.41. The van der Waals surface area contributed by atoms with Gasteiger partial charge >= 0.3 is 0 Å². The average molecular weight is 255 g/mol. The molecule has 1 rings (SSSR count). The molecule has 3 nitrogen and oxygen atoms in total. The van der Waals surface area contributed by atoms with Gasteiger partial charge in [-0.25, -0.2) is 0 Å². The number of halogens is 1. The number of carbonyl (C=O) groups is 1. The van der Waals surface area contributed by atoms with Crippen molar-refractivity contribution in [3.8, 4) is 0 Å². The van der Waals surface area contributed by atoms with Crippen LogP contribution in [0, 0.1) is 5.92 Å². The number of benzene rings is 1. The van der Waals surface area contributed by atoms with Crippen molar-refractivity contribution < 1.29 is 4.79 Å². The molecule has 0 bridgehead atoms. The maximum Gasteiger partial charge on any atom is 0.231 e. The van der Waals surface area contributed by atoms with Crippen molar-refractivity contribution in [1.82, 2.24) is 4.90 Å². The number of likely N-dealkylation sites (N-methyl/N-ethyl adjacent to an activating group) is 1. The van der Waals surface area contributed by atoms with E-state index in [1.165, 1.54) is 0 Å². The highest BCUT2D eigenvalue weighted by Gasteiger charge is 2.23. The molecule has 1 amide bonds. The molecule has 2 N–H and O–H groups in total. The summed E-state index contributed by atoms with van der Waals surface area (Å²) in [6, 6.07) is 7.80. The van der Waals surface area contributed by atoms with Gasteiger partial charge in [-0.1, -0.05) is 43.6 Å². The van der Waals surface area contributed by atoms with Crippen molar-refractivity contribution in [2.75, 3.05) is 13.6 Å². The summed E-state index contributed by atoms with van der Waals surface area (Å²) in [4.78, 5) is 12.9. The lowest BCUT2D eigenvalue weighted by molar-refractivity contribution is -0.119. The molecule has 17 heavy (non-hydrogen) atoms. The first kappa shape index (κ1) is 14.0. The fraction of sp³-hybridized carbons (Fsp3) is 0.462. The van der Waals surface area contributed by atoms with Crippen molar-refractivity contribution in [1.29, 1.82) is 0 Å². The van der Waals surface area contributed by atoms with E-state index in [-0.39, 0.29) is 18.5 Å². The maximum absolute atomic E-state index is 11.0. The third kappa shape index (κ3) is 3.72. The minimum Gasteiger partial charge on any atom is -0.369 e. The zero-order chi connectivity index (χ0) is 13.0. The van der Waals surface area contributed by atoms with Crippen LogP contribution in [-0.4, -0.2) is 24.4 Å². The van der Waals surface area contributed by atoms with E-state index in [0.29, 0.717) is 5.92 Å². The monoisotopic (exact) mass is 254 g/mol. The van der Waals surface area contributed by atoms with Crippen molar-refractivity contribution in [2.45, 2.75) is 19.9 Å². The highest BCUT2D eigenvalue weighted by atomic mass is 35.5. The summed E-state index contributed by atoms with van der Waals surface area (Å²) in [5.41, 5.74) is 6.27. The van der Waals surface area contributed by atoms with Crippen molar-refractivity contribution in [2.24, 2.45) is 11.7 Å². The minimum absolute atomic E-state index is 0.0937. The lowest BCUT2D eigenvalue weighted by Gasteiger charge is -2.31. The smallest absolute Gasteiger partial charge is 0.231 e. The fourth-order valence-electron chi connectivity index (χ4n) is 2.16. The summed E-state index contributed by atoms with van der Waals surface area (Å²) < 4.78 is 0. The largest absolute Gasteiger partial charge is 0.369 e. The van der Waals surface area contributed by atoms with E-state index in [0.717, 1.165) is 10.6 Å². The Balaban J connectivity index is 3.01. The number of rotatable bonds is 5. The Morgan fingerprint density at radius 1 is 1.41 bits per heavy atom. The lowest BCUT2D eigenvalue weighted by Crippen LogP contribution is -2.36. The Morgan fingerprint density at radius 2 is 2.00 bits per heavy atom. The van der Waals surface area contributed by atoms with Crippen LogP contribution >= 0.6 is 11.6 Å². The van der Waals surface area contributed by atoms with E-state index in [2.05, 4.69) is 13.8 Å². The summed E-state index contributed by atoms with van der Waals surface area (Å²) in [6.45, 7) is 4.44. The van der Waals surface area contributed by atoms with E-state index in [1.807, 2.05) is 36.2 Å². The van der Waals surface area contributed by atoms with Gasteiger partial charge in [-0.2, -0.15) is 0 Å². The van der Waals surface area contributed by atoms with Gasteiger partial charge in [-0.15, -0.1) is 0 Å². The first-order valence-electron chi connectivity index (χ1n) is 5.66. The molecule has 0 saturated carbocycles. The van der Waals surface area contributed by atoms with E-state index in [1.54, 1.807) is 0 Å². The number of amides is 1. The van der Waals surface area contributed by atoms with Crippen molar-refractivity contribution >= 4 is 17.5 Å². The molecule has 0 spiro atoms. The topological polar surface area (TPSA) is 46.3 Å². The molecule has 0 aliphatic rings. The van der Waals surface area contributed by atoms with Crippen LogP contribution in [0.25, 0.3) is 0 Å². The van der Waals surface area contributed by atoms with Gasteiger partial charge in [0.15, 0.2) is 0 Å². The van der Waals surface area contributed by atoms with Crippen molar-refractivity contribution in [3.05, 3.63) is 34.9 Å². The molecule has 0 aliphatic heterocycles. The molecule has 0 heterocycles. The maximum atomic E-state index is 11.0. The number of nitrogens with zero attached hydrogens (tertiary/aromatic N) is 1. The van der Waals surface area contributed by atoms with Crippen LogP contribution in [0.1, 0.15) is 25.5 Å². The molecule has 0 fully saturated rings. The molecule has 0 radical (unpaired) electrons. The quantitative estimate of drug-likeness (QED) is 0.877. The summed E-state index contributed by atoms with van der Waals surface area (Å²) in [7, 11) is 1.89. The highest BCUT2D eigenvalue weighted by Crippen LogP contribution is 2.32. The summed E-state index contributed by atoms with van der Waals surface area (Å²) in [6.07, 6.45) is 0. The van der Waals surface area contributed by atoms with Crippen LogP contribution in [0.4, 0.5) is 0 Å². The van der Waals surface area contributed by atoms with Crippen LogP contribution in [0.15, 0.2) is 24.3 Å². The molecule has 0 aliphatic carbocycles. The minimum atomic E-state index is -0.329. The average Bonchev–Trinajstić information content (AvgIpc) is 2.19. The van der Waals surface area contributed by atoms with Gasteiger partial charge in [0, 0.05) is 11.1 Å². The SMILES string of the molecule is CC(C)[C@@H](c1ccccc1Cl)N(C)CC(N)=O. The number of hydrogen-bond acceptors (Lipinski definition) is 2. The van der Waals surface area contributed by atoms with Gasteiger partial charge in [0.2, 0.25) is 5.91 Å². The summed E-state index contributed by atoms with van der Waals surface area (Å²) >= 11 is 6.20. The second-order valence-electron chi connectivity index (χ2n) is 4.59. The third-order valence-corrected chi connectivity index (χ3v) is 3.08. The summed E-state index contributed by atoms with van der Waals surface area (Å²) in [5.74, 6) is 0.0180. The van der Waals surface area contributed by atoms with Crippen LogP contribution < -0.4 is 5.73 Å². The number of hydrogen-bond donors (Lipinski definition) is 1. The molecule has 1 aromatic rings. The molecule has 0 unspecified atom stereocenters. The van der Waals surface area contributed by atoms with E-state index >= 15 is 0 Å². The Morgan fingerprint density at radius 3 is 2.47 bits per heavy atom. The molecule has 0 saturated heterocycles. The molecule has 4 heteroatoms. The number of carbonyl (C=O) groups excluding carboxylic acids is 1. The Kier molecular flexibility index (Phi) is 4.97. The van der Waals surface area contributed by atoms with Crippen LogP contribution in [0.2, 0.25) is 5.02 Å². The van der Waals surface area contributed by atoms with E-state index < -0.39 is 0 Å². The molecule has 1 aromatic carbocycles. The Hall–Kier alpha value is -1.06. The van der Waals surface area contributed by atoms with Crippen LogP contribution in [0.3, 0.4) is 0 Å². The first-order chi connectivity index (χ1) is 7.93. The van der Waals surface area contributed by atoms with Crippen LogP contribution in [0.5, 0.6) is 0 Å². The van der Waals surface area contributed by atoms with Crippen LogP contribution in [-0.2, 0) is 4.79 Å². The predicted octanol–water partition coefficient (Wildman–Crippen LogP) is 2.45. The van der Waals surface area contributed by atoms with Gasteiger partial charge in [0.1, 0.15) is 0 Å². The molecule has 0 aromatic heterocycles. The zero-order valence-electron chi connectivity index (χ0n) is 10.5. The van der Waals surface area contributed by atoms with E-state index in [9.17, 15) is 4.79 Å². The number of nitrogens with two attached hydrogens (primary N) is 1. The zero-order valence-corrected chi connectivity index (χ0v) is 11.2. The standard InChI is InChI=1S/C13H19ClN2O/c1-9(2)13(16(3)8-12(15)17)10-6-4-5-7-11(10)14/h4-7,9,13H,8H2,1-3H3,(H2,15,17)/t13-/m0/s1. The third-order valence-electron chi connectivity index (χ3n) is 2.74. The molecular weight excluding hydrogens is 236 g/mol. The Bertz CT molecular complexity index is 393. The normalized spacial score (nSPS) is 13.1. The second kappa shape index (κ2) is 6.03. The molecule has 94 valence electrons. The van der Waals surface area contributed by atoms with Gasteiger partial charge in [0.25, 0.3) is 0 Å². The van der Waals surface area contributed by atoms with Gasteiger partial charge in [-0.05, 0) is 24.6 Å². The Labute approximate surface area is 108 Å². The van der Waals surface area contributed by atoms with E-state index in [4.69, 9.17) is 17.3 Å². The van der Waals surface area contributed by atoms with Crippen molar-refractivity contribution in [3.63, 3.8) is 0 Å². The highest BCUT2D eigenvalue weighted by molar-refractivity contribution is 6.31. The predicted molar refractivity (Wildman–Crippen MR) is 70.9 cm³/mol. The van der Waals surface area contributed by atoms with Gasteiger partial charge in [-0.3, -0.25) is 9.69 Å². The van der Waals surface area contributed by atoms with Gasteiger partial charge in [0.05, 0.1) is 6.54 Å². The molecule has 1 atom stereocenters.